The Kier molecular flexibility index (Phi) is 6.24. The van der Waals surface area contributed by atoms with Gasteiger partial charge in [0.2, 0.25) is 5.91 Å². The fourth-order valence-corrected chi connectivity index (χ4v) is 3.83. The SMILES string of the molecule is O=C(CN(CCCO)C1CCc2ccccc21)NC1CCOCC1. The van der Waals surface area contributed by atoms with Crippen LogP contribution in [0.5, 0.6) is 0 Å². The van der Waals surface area contributed by atoms with E-state index >= 15 is 0 Å². The minimum absolute atomic E-state index is 0.0872. The van der Waals surface area contributed by atoms with Crippen LogP contribution >= 0.6 is 0 Å². The molecule has 3 rings (SSSR count). The van der Waals surface area contributed by atoms with Gasteiger partial charge < -0.3 is 15.2 Å². The number of aliphatic hydroxyl groups is 1. The van der Waals surface area contributed by atoms with Crippen LogP contribution in [0.1, 0.15) is 42.9 Å². The first-order chi connectivity index (χ1) is 11.8. The van der Waals surface area contributed by atoms with Gasteiger partial charge in [-0.3, -0.25) is 9.69 Å². The first-order valence-electron chi connectivity index (χ1n) is 9.07. The van der Waals surface area contributed by atoms with Gasteiger partial charge in [0.05, 0.1) is 6.54 Å². The van der Waals surface area contributed by atoms with Gasteiger partial charge in [-0.05, 0) is 43.2 Å². The van der Waals surface area contributed by atoms with E-state index in [-0.39, 0.29) is 24.6 Å². The summed E-state index contributed by atoms with van der Waals surface area (Å²) in [5.74, 6) is 0.0872. The van der Waals surface area contributed by atoms with E-state index in [4.69, 9.17) is 4.74 Å². The van der Waals surface area contributed by atoms with Crippen LogP contribution < -0.4 is 5.32 Å². The molecule has 0 spiro atoms. The highest BCUT2D eigenvalue weighted by molar-refractivity contribution is 5.78. The number of nitrogens with one attached hydrogen (secondary N) is 1. The summed E-state index contributed by atoms with van der Waals surface area (Å²) in [5, 5.41) is 12.4. The number of ether oxygens (including phenoxy) is 1. The van der Waals surface area contributed by atoms with Gasteiger partial charge in [0.1, 0.15) is 0 Å². The Morgan fingerprint density at radius 2 is 2.04 bits per heavy atom. The second kappa shape index (κ2) is 8.60. The molecule has 2 N–H and O–H groups in total. The molecule has 0 radical (unpaired) electrons. The highest BCUT2D eigenvalue weighted by atomic mass is 16.5. The Morgan fingerprint density at radius 1 is 1.25 bits per heavy atom. The second-order valence-electron chi connectivity index (χ2n) is 6.76. The average molecular weight is 332 g/mol. The van der Waals surface area contributed by atoms with E-state index < -0.39 is 0 Å². The molecule has 2 aliphatic rings. The molecule has 1 saturated heterocycles. The lowest BCUT2D eigenvalue weighted by atomic mass is 10.1. The van der Waals surface area contributed by atoms with Crippen molar-refractivity contribution in [3.05, 3.63) is 35.4 Å². The maximum absolute atomic E-state index is 12.5. The van der Waals surface area contributed by atoms with Gasteiger partial charge in [0.25, 0.3) is 0 Å². The van der Waals surface area contributed by atoms with Crippen LogP contribution in [-0.2, 0) is 16.0 Å². The van der Waals surface area contributed by atoms with Gasteiger partial charge in [0.15, 0.2) is 0 Å². The lowest BCUT2D eigenvalue weighted by molar-refractivity contribution is -0.124. The lowest BCUT2D eigenvalue weighted by Gasteiger charge is -2.30. The molecule has 0 saturated carbocycles. The predicted octanol–water partition coefficient (Wildman–Crippen LogP) is 1.65. The number of nitrogens with zero attached hydrogens (tertiary/aromatic N) is 1. The minimum Gasteiger partial charge on any atom is -0.396 e. The monoisotopic (exact) mass is 332 g/mol. The molecule has 0 aromatic heterocycles. The number of hydrogen-bond acceptors (Lipinski definition) is 4. The quantitative estimate of drug-likeness (QED) is 0.797. The number of fused-ring (bicyclic) bond motifs is 1. The van der Waals surface area contributed by atoms with Crippen LogP contribution in [0.2, 0.25) is 0 Å². The van der Waals surface area contributed by atoms with Crippen molar-refractivity contribution in [1.82, 2.24) is 10.2 Å². The highest BCUT2D eigenvalue weighted by Crippen LogP contribution is 2.35. The van der Waals surface area contributed by atoms with Crippen LogP contribution in [0.25, 0.3) is 0 Å². The highest BCUT2D eigenvalue weighted by Gasteiger charge is 2.29. The van der Waals surface area contributed by atoms with Crippen molar-refractivity contribution >= 4 is 5.91 Å². The molecule has 1 aromatic rings. The van der Waals surface area contributed by atoms with Crippen molar-refractivity contribution in [1.29, 1.82) is 0 Å². The van der Waals surface area contributed by atoms with Gasteiger partial charge >= 0.3 is 0 Å². The Balaban J connectivity index is 1.62. The molecule has 1 unspecified atom stereocenters. The van der Waals surface area contributed by atoms with E-state index in [1.807, 2.05) is 0 Å². The molecule has 5 nitrogen and oxygen atoms in total. The van der Waals surface area contributed by atoms with Crippen molar-refractivity contribution in [2.45, 2.75) is 44.2 Å². The summed E-state index contributed by atoms with van der Waals surface area (Å²) >= 11 is 0. The van der Waals surface area contributed by atoms with Gasteiger partial charge in [-0.25, -0.2) is 0 Å². The van der Waals surface area contributed by atoms with Crippen LogP contribution in [0.4, 0.5) is 0 Å². The van der Waals surface area contributed by atoms with E-state index in [1.54, 1.807) is 0 Å². The summed E-state index contributed by atoms with van der Waals surface area (Å²) in [7, 11) is 0. The van der Waals surface area contributed by atoms with E-state index in [0.717, 1.165) is 45.4 Å². The minimum atomic E-state index is 0.0872. The Morgan fingerprint density at radius 3 is 2.83 bits per heavy atom. The summed E-state index contributed by atoms with van der Waals surface area (Å²) in [4.78, 5) is 14.7. The molecule has 1 aliphatic heterocycles. The largest absolute Gasteiger partial charge is 0.396 e. The van der Waals surface area contributed by atoms with Crippen LogP contribution in [-0.4, -0.2) is 54.9 Å². The number of benzene rings is 1. The standard InChI is InChI=1S/C19H28N2O3/c22-11-3-10-21(14-19(23)20-16-8-12-24-13-9-16)18-7-6-15-4-1-2-5-17(15)18/h1-2,4-5,16,18,22H,3,6-14H2,(H,20,23). The van der Waals surface area contributed by atoms with Crippen molar-refractivity contribution in [2.75, 3.05) is 32.9 Å². The number of carbonyl (C=O) groups is 1. The summed E-state index contributed by atoms with van der Waals surface area (Å²) in [6, 6.07) is 9.03. The van der Waals surface area contributed by atoms with Gasteiger partial charge in [0, 0.05) is 38.4 Å². The summed E-state index contributed by atoms with van der Waals surface area (Å²) in [6.07, 6.45) is 4.61. The molecule has 0 bridgehead atoms. The molecule has 1 atom stereocenters. The lowest BCUT2D eigenvalue weighted by Crippen LogP contribution is -2.45. The maximum atomic E-state index is 12.5. The summed E-state index contributed by atoms with van der Waals surface area (Å²) in [5.41, 5.74) is 2.73. The van der Waals surface area contributed by atoms with Crippen molar-refractivity contribution in [3.8, 4) is 0 Å². The Labute approximate surface area is 144 Å². The molecule has 1 amide bonds. The number of aliphatic hydroxyl groups excluding tert-OH is 1. The Hall–Kier alpha value is -1.43. The first-order valence-corrected chi connectivity index (χ1v) is 9.07. The number of rotatable bonds is 7. The molecular weight excluding hydrogens is 304 g/mol. The van der Waals surface area contributed by atoms with Crippen molar-refractivity contribution in [3.63, 3.8) is 0 Å². The summed E-state index contributed by atoms with van der Waals surface area (Å²) < 4.78 is 5.35. The molecule has 1 heterocycles. The zero-order chi connectivity index (χ0) is 16.8. The van der Waals surface area contributed by atoms with E-state index in [2.05, 4.69) is 34.5 Å². The van der Waals surface area contributed by atoms with Crippen molar-refractivity contribution < 1.29 is 14.6 Å². The fourth-order valence-electron chi connectivity index (χ4n) is 3.83. The number of amides is 1. The van der Waals surface area contributed by atoms with E-state index in [9.17, 15) is 9.90 Å². The molecule has 132 valence electrons. The van der Waals surface area contributed by atoms with Gasteiger partial charge in [-0.15, -0.1) is 0 Å². The van der Waals surface area contributed by atoms with Crippen LogP contribution in [0, 0.1) is 0 Å². The Bertz CT molecular complexity index is 543. The number of carbonyl (C=O) groups excluding carboxylic acids is 1. The third-order valence-electron chi connectivity index (χ3n) is 5.08. The molecule has 1 fully saturated rings. The molecular formula is C19H28N2O3. The fraction of sp³-hybridized carbons (Fsp3) is 0.632. The topological polar surface area (TPSA) is 61.8 Å². The van der Waals surface area contributed by atoms with E-state index in [1.165, 1.54) is 11.1 Å². The number of hydrogen-bond donors (Lipinski definition) is 2. The normalized spacial score (nSPS) is 21.0. The zero-order valence-electron chi connectivity index (χ0n) is 14.2. The summed E-state index contributed by atoms with van der Waals surface area (Å²) in [6.45, 7) is 2.77. The number of aryl methyl sites for hydroxylation is 1. The first kappa shape index (κ1) is 17.4. The third-order valence-corrected chi connectivity index (χ3v) is 5.08. The van der Waals surface area contributed by atoms with Crippen LogP contribution in [0.3, 0.4) is 0 Å². The third kappa shape index (κ3) is 4.35. The average Bonchev–Trinajstić information content (AvgIpc) is 3.03. The van der Waals surface area contributed by atoms with E-state index in [0.29, 0.717) is 13.0 Å². The van der Waals surface area contributed by atoms with Crippen LogP contribution in [0.15, 0.2) is 24.3 Å². The molecule has 1 aromatic carbocycles. The smallest absolute Gasteiger partial charge is 0.234 e. The zero-order valence-corrected chi connectivity index (χ0v) is 14.2. The second-order valence-corrected chi connectivity index (χ2v) is 6.76. The van der Waals surface area contributed by atoms with Gasteiger partial charge in [-0.1, -0.05) is 24.3 Å². The van der Waals surface area contributed by atoms with Gasteiger partial charge in [-0.2, -0.15) is 0 Å². The molecule has 1 aliphatic carbocycles. The predicted molar refractivity (Wildman–Crippen MR) is 92.8 cm³/mol. The van der Waals surface area contributed by atoms with Crippen molar-refractivity contribution in [2.24, 2.45) is 0 Å². The molecule has 5 heteroatoms. The molecule has 24 heavy (non-hydrogen) atoms. The maximum Gasteiger partial charge on any atom is 0.234 e.